The van der Waals surface area contributed by atoms with Gasteiger partial charge in [-0.25, -0.2) is 8.42 Å². The summed E-state index contributed by atoms with van der Waals surface area (Å²) in [6.45, 7) is 0.822. The normalized spacial score (nSPS) is 25.2. The van der Waals surface area contributed by atoms with E-state index in [1.165, 1.54) is 10.4 Å². The zero-order chi connectivity index (χ0) is 20.0. The number of rotatable bonds is 4. The highest BCUT2D eigenvalue weighted by Gasteiger charge is 2.43. The van der Waals surface area contributed by atoms with E-state index in [4.69, 9.17) is 23.2 Å². The summed E-state index contributed by atoms with van der Waals surface area (Å²) in [6.07, 6.45) is -1.79. The molecule has 28 heavy (non-hydrogen) atoms. The van der Waals surface area contributed by atoms with Gasteiger partial charge in [-0.1, -0.05) is 23.2 Å². The smallest absolute Gasteiger partial charge is 0.300 e. The van der Waals surface area contributed by atoms with Gasteiger partial charge < -0.3 is 4.90 Å². The highest BCUT2D eigenvalue weighted by Crippen LogP contribution is 2.39. The molecule has 2 fully saturated rings. The van der Waals surface area contributed by atoms with Crippen LogP contribution in [-0.2, 0) is 10.0 Å². The van der Waals surface area contributed by atoms with Crippen LogP contribution in [0.2, 0.25) is 9.36 Å². The predicted molar refractivity (Wildman–Crippen MR) is 108 cm³/mol. The molecule has 1 aromatic heterocycles. The van der Waals surface area contributed by atoms with Gasteiger partial charge in [-0.2, -0.15) is 17.5 Å². The summed E-state index contributed by atoms with van der Waals surface area (Å²) < 4.78 is 65.8. The summed E-state index contributed by atoms with van der Waals surface area (Å²) in [5.74, 6) is -1.22. The Morgan fingerprint density at radius 1 is 1.18 bits per heavy atom. The average molecular weight is 502 g/mol. The molecule has 2 aliphatic rings. The Bertz CT molecular complexity index is 761. The second kappa shape index (κ2) is 9.16. The number of piperidine rings is 1. The third-order valence-electron chi connectivity index (χ3n) is 5.66. The molecular formula is C16H22Cl3F3N2O2S2. The van der Waals surface area contributed by atoms with E-state index in [2.05, 4.69) is 4.90 Å². The third kappa shape index (κ3) is 5.10. The van der Waals surface area contributed by atoms with Crippen LogP contribution in [0.15, 0.2) is 10.3 Å². The Morgan fingerprint density at radius 2 is 1.79 bits per heavy atom. The maximum atomic E-state index is 12.8. The molecule has 2 heterocycles. The van der Waals surface area contributed by atoms with Crippen molar-refractivity contribution in [1.82, 2.24) is 9.21 Å². The molecular weight excluding hydrogens is 480 g/mol. The van der Waals surface area contributed by atoms with E-state index in [1.807, 2.05) is 0 Å². The van der Waals surface area contributed by atoms with Crippen molar-refractivity contribution in [2.75, 3.05) is 20.1 Å². The minimum Gasteiger partial charge on any atom is -0.300 e. The lowest BCUT2D eigenvalue weighted by Gasteiger charge is -2.37. The first-order valence-corrected chi connectivity index (χ1v) is 11.7. The molecule has 0 spiro atoms. The van der Waals surface area contributed by atoms with Gasteiger partial charge in [0, 0.05) is 19.1 Å². The van der Waals surface area contributed by atoms with Gasteiger partial charge in [-0.05, 0) is 51.3 Å². The van der Waals surface area contributed by atoms with E-state index < -0.39 is 22.1 Å². The Balaban J connectivity index is 0.00000280. The molecule has 2 unspecified atom stereocenters. The van der Waals surface area contributed by atoms with Crippen molar-refractivity contribution in [1.29, 1.82) is 0 Å². The van der Waals surface area contributed by atoms with Gasteiger partial charge in [0.15, 0.2) is 0 Å². The van der Waals surface area contributed by atoms with Crippen molar-refractivity contribution >= 4 is 57.0 Å². The van der Waals surface area contributed by atoms with Gasteiger partial charge in [-0.3, -0.25) is 0 Å². The Hall–Kier alpha value is 0.230. The number of halogens is 6. The molecule has 3 rings (SSSR count). The molecule has 0 N–H and O–H groups in total. The lowest BCUT2D eigenvalue weighted by Crippen LogP contribution is -2.44. The second-order valence-corrected chi connectivity index (χ2v) is 11.5. The number of hydrogen-bond acceptors (Lipinski definition) is 4. The molecule has 1 aromatic rings. The van der Waals surface area contributed by atoms with Crippen molar-refractivity contribution in [3.63, 3.8) is 0 Å². The van der Waals surface area contributed by atoms with Gasteiger partial charge in [-0.15, -0.1) is 23.7 Å². The molecule has 0 amide bonds. The molecule has 0 bridgehead atoms. The maximum absolute atomic E-state index is 12.8. The quantitative estimate of drug-likeness (QED) is 0.563. The standard InChI is InChI=1S/C16H21Cl2F3N2O2S2.ClH/c1-22(27(24,25)14-9-13(17)15(18)26-14)11-2-3-12(8-11)23-6-4-10(5-7-23)16(19,20)21;/h9-12H,2-8H2,1H3;1H. The van der Waals surface area contributed by atoms with Crippen LogP contribution >= 0.6 is 46.9 Å². The predicted octanol–water partition coefficient (Wildman–Crippen LogP) is 5.29. The number of sulfonamides is 1. The van der Waals surface area contributed by atoms with Crippen LogP contribution in [0.5, 0.6) is 0 Å². The molecule has 0 aromatic carbocycles. The van der Waals surface area contributed by atoms with Crippen LogP contribution in [0.25, 0.3) is 0 Å². The summed E-state index contributed by atoms with van der Waals surface area (Å²) in [4.78, 5) is 2.08. The summed E-state index contributed by atoms with van der Waals surface area (Å²) in [5, 5.41) is 0.213. The van der Waals surface area contributed by atoms with Gasteiger partial charge >= 0.3 is 6.18 Å². The largest absolute Gasteiger partial charge is 0.391 e. The van der Waals surface area contributed by atoms with Crippen molar-refractivity contribution in [3.8, 4) is 0 Å². The molecule has 1 aliphatic heterocycles. The summed E-state index contributed by atoms with van der Waals surface area (Å²) in [7, 11) is -2.15. The molecule has 1 saturated heterocycles. The van der Waals surface area contributed by atoms with Gasteiger partial charge in [0.05, 0.1) is 10.9 Å². The number of thiophene rings is 1. The van der Waals surface area contributed by atoms with Crippen molar-refractivity contribution in [2.24, 2.45) is 5.92 Å². The lowest BCUT2D eigenvalue weighted by atomic mass is 9.95. The first-order valence-electron chi connectivity index (χ1n) is 8.73. The van der Waals surface area contributed by atoms with Gasteiger partial charge in [0.2, 0.25) is 0 Å². The van der Waals surface area contributed by atoms with Crippen LogP contribution in [-0.4, -0.2) is 56.0 Å². The first-order chi connectivity index (χ1) is 12.5. The van der Waals surface area contributed by atoms with Crippen LogP contribution in [0.4, 0.5) is 13.2 Å². The van der Waals surface area contributed by atoms with Crippen molar-refractivity contribution in [3.05, 3.63) is 15.4 Å². The minimum absolute atomic E-state index is 0. The topological polar surface area (TPSA) is 40.6 Å². The fraction of sp³-hybridized carbons (Fsp3) is 0.750. The molecule has 1 saturated carbocycles. The molecule has 0 radical (unpaired) electrons. The molecule has 1 aliphatic carbocycles. The zero-order valence-electron chi connectivity index (χ0n) is 15.1. The number of alkyl halides is 3. The van der Waals surface area contributed by atoms with Crippen LogP contribution < -0.4 is 0 Å². The highest BCUT2D eigenvalue weighted by atomic mass is 35.5. The molecule has 4 nitrogen and oxygen atoms in total. The van der Waals surface area contributed by atoms with Crippen LogP contribution in [0.1, 0.15) is 32.1 Å². The van der Waals surface area contributed by atoms with Crippen molar-refractivity contribution in [2.45, 2.75) is 54.6 Å². The van der Waals surface area contributed by atoms with E-state index in [-0.39, 0.29) is 50.9 Å². The lowest BCUT2D eigenvalue weighted by molar-refractivity contribution is -0.186. The SMILES string of the molecule is CN(C1CCC(N2CCC(C(F)(F)F)CC2)C1)S(=O)(=O)c1cc(Cl)c(Cl)s1.Cl. The fourth-order valence-corrected chi connectivity index (χ4v) is 7.44. The number of hydrogen-bond donors (Lipinski definition) is 0. The van der Waals surface area contributed by atoms with E-state index in [0.717, 1.165) is 17.8 Å². The first kappa shape index (κ1) is 24.5. The van der Waals surface area contributed by atoms with Gasteiger partial charge in [0.25, 0.3) is 10.0 Å². The monoisotopic (exact) mass is 500 g/mol. The Labute approximate surface area is 183 Å². The van der Waals surface area contributed by atoms with Crippen LogP contribution in [0, 0.1) is 5.92 Å². The van der Waals surface area contributed by atoms with E-state index in [9.17, 15) is 21.6 Å². The number of nitrogens with zero attached hydrogens (tertiary/aromatic N) is 2. The van der Waals surface area contributed by atoms with Crippen LogP contribution in [0.3, 0.4) is 0 Å². The summed E-state index contributed by atoms with van der Waals surface area (Å²) >= 11 is 12.7. The zero-order valence-corrected chi connectivity index (χ0v) is 19.0. The molecule has 12 heteroatoms. The van der Waals surface area contributed by atoms with E-state index >= 15 is 0 Å². The number of likely N-dealkylation sites (tertiary alicyclic amines) is 1. The summed E-state index contributed by atoms with van der Waals surface area (Å²) in [6, 6.07) is 1.30. The Kier molecular flexibility index (Phi) is 8.01. The fourth-order valence-electron chi connectivity index (χ4n) is 3.98. The third-order valence-corrected chi connectivity index (χ3v) is 9.88. The second-order valence-electron chi connectivity index (χ2n) is 7.18. The van der Waals surface area contributed by atoms with Gasteiger partial charge in [0.1, 0.15) is 8.55 Å². The minimum atomic E-state index is -4.12. The average Bonchev–Trinajstić information content (AvgIpc) is 3.21. The van der Waals surface area contributed by atoms with Crippen molar-refractivity contribution < 1.29 is 21.6 Å². The maximum Gasteiger partial charge on any atom is 0.391 e. The van der Waals surface area contributed by atoms with E-state index in [1.54, 1.807) is 7.05 Å². The summed E-state index contributed by atoms with van der Waals surface area (Å²) in [5.41, 5.74) is 0. The van der Waals surface area contributed by atoms with E-state index in [0.29, 0.717) is 25.9 Å². The molecule has 162 valence electrons. The Morgan fingerprint density at radius 3 is 2.29 bits per heavy atom. The highest BCUT2D eigenvalue weighted by molar-refractivity contribution is 7.91. The molecule has 2 atom stereocenters.